The summed E-state index contributed by atoms with van der Waals surface area (Å²) in [6.45, 7) is 0. The topological polar surface area (TPSA) is 43.6 Å². The summed E-state index contributed by atoms with van der Waals surface area (Å²) in [6.07, 6.45) is 4.79. The number of thiophene rings is 1. The smallest absolute Gasteiger partial charge is 0.166 e. The van der Waals surface area contributed by atoms with Crippen LogP contribution in [0.5, 0.6) is 0 Å². The van der Waals surface area contributed by atoms with Crippen molar-refractivity contribution in [3.05, 3.63) is 182 Å². The fourth-order valence-corrected chi connectivity index (χ4v) is 13.1. The van der Waals surface area contributed by atoms with Gasteiger partial charge in [0.05, 0.1) is 21.4 Å². The normalized spacial score (nSPS) is 13.6. The van der Waals surface area contributed by atoms with Gasteiger partial charge in [-0.15, -0.1) is 11.3 Å². The van der Waals surface area contributed by atoms with E-state index in [1.165, 1.54) is 68.5 Å². The van der Waals surface area contributed by atoms with E-state index in [4.69, 9.17) is 15.0 Å². The second-order valence-electron chi connectivity index (χ2n) is 15.6. The van der Waals surface area contributed by atoms with E-state index in [0.29, 0.717) is 17.5 Å². The highest BCUT2D eigenvalue weighted by molar-refractivity contribution is 8.33. The lowest BCUT2D eigenvalue weighted by Gasteiger charge is -2.28. The summed E-state index contributed by atoms with van der Waals surface area (Å²) in [7, 11) is -1.22. The molecule has 0 saturated heterocycles. The van der Waals surface area contributed by atoms with Crippen molar-refractivity contribution < 1.29 is 0 Å². The first-order valence-electron chi connectivity index (χ1n) is 19.8. The van der Waals surface area contributed by atoms with Crippen LogP contribution in [-0.2, 0) is 0 Å². The number of nitrogens with zero attached hydrogens (tertiary/aromatic N) is 4. The van der Waals surface area contributed by atoms with Crippen molar-refractivity contribution in [2.75, 3.05) is 12.5 Å². The Labute approximate surface area is 347 Å². The number of hydrogen-bond donors (Lipinski definition) is 0. The minimum absolute atomic E-state index is 0.639. The van der Waals surface area contributed by atoms with Gasteiger partial charge in [0.1, 0.15) is 0 Å². The Bertz CT molecular complexity index is 3470. The van der Waals surface area contributed by atoms with Crippen LogP contribution in [0.15, 0.2) is 192 Å². The zero-order chi connectivity index (χ0) is 39.2. The van der Waals surface area contributed by atoms with E-state index in [-0.39, 0.29) is 0 Å². The number of para-hydroxylation sites is 2. The quantitative estimate of drug-likeness (QED) is 0.174. The first-order valence-corrected chi connectivity index (χ1v) is 23.1. The summed E-state index contributed by atoms with van der Waals surface area (Å²) < 4.78 is 5.00. The standard InChI is InChI=1S/C53H36N4S2/c1-59(2)46-27-14-11-21-38(46)39-29-28-35(32-47(39)59)52-54-51(34-18-7-4-8-19-34)55-53(56-52)43-22-10-13-26-45(43)57-44-25-12-9-20-37(44)40-30-31-42-41-24-15-23-36(33-16-5-3-6-17-33)49(41)58-50(42)48(40)57/h3-32H,1-2H3. The Morgan fingerprint density at radius 3 is 1.83 bits per heavy atom. The van der Waals surface area contributed by atoms with Crippen molar-refractivity contribution in [1.29, 1.82) is 0 Å². The fourth-order valence-electron chi connectivity index (χ4n) is 9.16. The second kappa shape index (κ2) is 13.1. The van der Waals surface area contributed by atoms with Crippen LogP contribution in [0.2, 0.25) is 0 Å². The summed E-state index contributed by atoms with van der Waals surface area (Å²) in [5.74, 6) is 1.96. The van der Waals surface area contributed by atoms with Gasteiger partial charge in [0.25, 0.3) is 0 Å². The lowest BCUT2D eigenvalue weighted by molar-refractivity contribution is 1.06. The highest BCUT2D eigenvalue weighted by atomic mass is 32.3. The van der Waals surface area contributed by atoms with E-state index < -0.39 is 10.0 Å². The van der Waals surface area contributed by atoms with Crippen LogP contribution in [0.1, 0.15) is 0 Å². The second-order valence-corrected chi connectivity index (χ2v) is 20.1. The Hall–Kier alpha value is -6.86. The Morgan fingerprint density at radius 1 is 0.407 bits per heavy atom. The van der Waals surface area contributed by atoms with Crippen molar-refractivity contribution in [1.82, 2.24) is 19.5 Å². The van der Waals surface area contributed by atoms with Crippen LogP contribution in [0.25, 0.3) is 104 Å². The van der Waals surface area contributed by atoms with Gasteiger partial charge < -0.3 is 4.57 Å². The number of aromatic nitrogens is 4. The van der Waals surface area contributed by atoms with Crippen LogP contribution in [-0.4, -0.2) is 32.0 Å². The third-order valence-corrected chi connectivity index (χ3v) is 16.1. The molecule has 12 rings (SSSR count). The molecule has 1 aliphatic heterocycles. The SMILES string of the molecule is CS1(C)c2ccccc2-c2ccc(-c3nc(-c4ccccc4)nc(-c4ccccc4-n4c5ccccc5c5ccc6c7cccc(-c8ccccc8)c7sc6c54)n3)cc21. The molecule has 6 heteroatoms. The van der Waals surface area contributed by atoms with Crippen LogP contribution < -0.4 is 0 Å². The van der Waals surface area contributed by atoms with Crippen molar-refractivity contribution in [3.63, 3.8) is 0 Å². The molecule has 3 aromatic heterocycles. The van der Waals surface area contributed by atoms with Crippen molar-refractivity contribution in [2.45, 2.75) is 9.79 Å². The Kier molecular flexibility index (Phi) is 7.58. The zero-order valence-corrected chi connectivity index (χ0v) is 34.1. The number of benzene rings is 8. The number of hydrogen-bond acceptors (Lipinski definition) is 4. The fraction of sp³-hybridized carbons (Fsp3) is 0.0377. The zero-order valence-electron chi connectivity index (χ0n) is 32.4. The molecule has 0 fully saturated rings. The van der Waals surface area contributed by atoms with Gasteiger partial charge in [-0.2, -0.15) is 10.0 Å². The molecule has 0 unspecified atom stereocenters. The molecule has 0 aliphatic carbocycles. The van der Waals surface area contributed by atoms with Gasteiger partial charge in [0, 0.05) is 52.7 Å². The number of fused-ring (bicyclic) bond motifs is 10. The summed E-state index contributed by atoms with van der Waals surface area (Å²) in [6, 6.07) is 65.3. The van der Waals surface area contributed by atoms with E-state index in [2.05, 4.69) is 181 Å². The van der Waals surface area contributed by atoms with Crippen molar-refractivity contribution in [3.8, 4) is 62.1 Å². The molecule has 0 atom stereocenters. The third kappa shape index (κ3) is 5.20. The summed E-state index contributed by atoms with van der Waals surface area (Å²) in [5.41, 5.74) is 11.4. The third-order valence-electron chi connectivity index (χ3n) is 12.0. The molecule has 4 heterocycles. The first kappa shape index (κ1) is 34.2. The molecule has 280 valence electrons. The Morgan fingerprint density at radius 2 is 1.00 bits per heavy atom. The van der Waals surface area contributed by atoms with Crippen LogP contribution in [0.4, 0.5) is 0 Å². The molecule has 8 aromatic carbocycles. The van der Waals surface area contributed by atoms with Gasteiger partial charge >= 0.3 is 0 Å². The van der Waals surface area contributed by atoms with E-state index in [0.717, 1.165) is 27.9 Å². The summed E-state index contributed by atoms with van der Waals surface area (Å²) in [4.78, 5) is 18.6. The minimum atomic E-state index is -1.22. The van der Waals surface area contributed by atoms with Crippen molar-refractivity contribution >= 4 is 63.3 Å². The predicted molar refractivity (Wildman–Crippen MR) is 250 cm³/mol. The van der Waals surface area contributed by atoms with Gasteiger partial charge in [-0.3, -0.25) is 0 Å². The average Bonchev–Trinajstić information content (AvgIpc) is 3.92. The van der Waals surface area contributed by atoms with E-state index in [9.17, 15) is 0 Å². The molecule has 0 N–H and O–H groups in total. The maximum absolute atomic E-state index is 5.37. The highest BCUT2D eigenvalue weighted by Gasteiger charge is 2.32. The largest absolute Gasteiger partial charge is 0.307 e. The molecule has 0 bridgehead atoms. The molecule has 0 radical (unpaired) electrons. The highest BCUT2D eigenvalue weighted by Crippen LogP contribution is 2.67. The van der Waals surface area contributed by atoms with Gasteiger partial charge in [-0.1, -0.05) is 152 Å². The molecule has 0 spiro atoms. The molecule has 1 aliphatic rings. The Balaban J connectivity index is 1.11. The van der Waals surface area contributed by atoms with Gasteiger partial charge in [-0.25, -0.2) is 15.0 Å². The molecule has 0 amide bonds. The predicted octanol–water partition coefficient (Wildman–Crippen LogP) is 14.5. The maximum atomic E-state index is 5.37. The molecular weight excluding hydrogens is 757 g/mol. The van der Waals surface area contributed by atoms with Crippen LogP contribution >= 0.6 is 21.4 Å². The van der Waals surface area contributed by atoms with E-state index in [1.54, 1.807) is 0 Å². The molecule has 11 aromatic rings. The summed E-state index contributed by atoms with van der Waals surface area (Å²) in [5, 5.41) is 4.97. The minimum Gasteiger partial charge on any atom is -0.307 e. The van der Waals surface area contributed by atoms with Crippen LogP contribution in [0.3, 0.4) is 0 Å². The average molecular weight is 793 g/mol. The molecule has 59 heavy (non-hydrogen) atoms. The maximum Gasteiger partial charge on any atom is 0.166 e. The van der Waals surface area contributed by atoms with Crippen molar-refractivity contribution in [2.24, 2.45) is 0 Å². The monoisotopic (exact) mass is 792 g/mol. The van der Waals surface area contributed by atoms with E-state index >= 15 is 0 Å². The van der Waals surface area contributed by atoms with Gasteiger partial charge in [-0.05, 0) is 65.1 Å². The first-order chi connectivity index (χ1) is 29.0. The molecule has 4 nitrogen and oxygen atoms in total. The van der Waals surface area contributed by atoms with Crippen LogP contribution in [0, 0.1) is 0 Å². The van der Waals surface area contributed by atoms with Gasteiger partial charge in [0.2, 0.25) is 0 Å². The van der Waals surface area contributed by atoms with Gasteiger partial charge in [0.15, 0.2) is 17.5 Å². The lowest BCUT2D eigenvalue weighted by Crippen LogP contribution is -2.04. The molecular formula is C53H36N4S2. The molecule has 0 saturated carbocycles. The summed E-state index contributed by atoms with van der Waals surface area (Å²) >= 11 is 1.88. The van der Waals surface area contributed by atoms with E-state index in [1.807, 2.05) is 29.5 Å². The number of rotatable bonds is 5. The lowest BCUT2D eigenvalue weighted by atomic mass is 10.0.